The molecular formula is C16H19F2NO. The Kier molecular flexibility index (Phi) is 4.55. The van der Waals surface area contributed by atoms with Crippen LogP contribution in [-0.4, -0.2) is 6.54 Å². The van der Waals surface area contributed by atoms with Crippen LogP contribution in [0, 0.1) is 18.6 Å². The monoisotopic (exact) mass is 279 g/mol. The maximum atomic E-state index is 14.2. The van der Waals surface area contributed by atoms with Crippen molar-refractivity contribution >= 4 is 0 Å². The number of aryl methyl sites for hydroxylation is 2. The summed E-state index contributed by atoms with van der Waals surface area (Å²) in [6.45, 7) is 6.10. The minimum atomic E-state index is -0.405. The van der Waals surface area contributed by atoms with Gasteiger partial charge in [-0.15, -0.1) is 0 Å². The van der Waals surface area contributed by atoms with Gasteiger partial charge in [0.15, 0.2) is 0 Å². The molecule has 1 aromatic carbocycles. The molecule has 0 saturated heterocycles. The van der Waals surface area contributed by atoms with Crippen molar-refractivity contribution in [2.45, 2.75) is 33.2 Å². The van der Waals surface area contributed by atoms with Crippen LogP contribution in [0.1, 0.15) is 42.3 Å². The molecule has 1 atom stereocenters. The van der Waals surface area contributed by atoms with Crippen LogP contribution in [0.25, 0.3) is 0 Å². The molecule has 4 heteroatoms. The molecule has 108 valence electrons. The molecule has 0 aliphatic heterocycles. The summed E-state index contributed by atoms with van der Waals surface area (Å²) < 4.78 is 33.4. The van der Waals surface area contributed by atoms with Gasteiger partial charge in [-0.25, -0.2) is 8.78 Å². The number of nitrogens with one attached hydrogen (secondary N) is 1. The van der Waals surface area contributed by atoms with E-state index >= 15 is 0 Å². The van der Waals surface area contributed by atoms with Crippen LogP contribution in [0.3, 0.4) is 0 Å². The fourth-order valence-electron chi connectivity index (χ4n) is 2.37. The van der Waals surface area contributed by atoms with E-state index in [-0.39, 0.29) is 0 Å². The molecule has 2 nitrogen and oxygen atoms in total. The second kappa shape index (κ2) is 6.18. The molecule has 1 unspecified atom stereocenters. The Morgan fingerprint density at radius 3 is 2.55 bits per heavy atom. The van der Waals surface area contributed by atoms with Crippen molar-refractivity contribution in [3.8, 4) is 0 Å². The average Bonchev–Trinajstić information content (AvgIpc) is 2.88. The lowest BCUT2D eigenvalue weighted by atomic mass is 9.96. The Bertz CT molecular complexity index is 592. The first kappa shape index (κ1) is 14.7. The van der Waals surface area contributed by atoms with Crippen LogP contribution in [0.2, 0.25) is 0 Å². The standard InChI is InChI=1S/C16H19F2NO/c1-4-15-11(6-7-20-15)16(19-5-2)12-9-13(17)10(3)8-14(12)18/h6-9,16,19H,4-5H2,1-3H3. The highest BCUT2D eigenvalue weighted by molar-refractivity contribution is 5.36. The molecule has 0 fully saturated rings. The van der Waals surface area contributed by atoms with Crippen molar-refractivity contribution in [2.75, 3.05) is 6.54 Å². The summed E-state index contributed by atoms with van der Waals surface area (Å²) in [6.07, 6.45) is 2.29. The Hall–Kier alpha value is -1.68. The third kappa shape index (κ3) is 2.75. The van der Waals surface area contributed by atoms with Crippen LogP contribution in [0.5, 0.6) is 0 Å². The van der Waals surface area contributed by atoms with Crippen LogP contribution in [0.15, 0.2) is 28.9 Å². The number of furan rings is 1. The highest BCUT2D eigenvalue weighted by atomic mass is 19.1. The van der Waals surface area contributed by atoms with Crippen LogP contribution >= 0.6 is 0 Å². The maximum absolute atomic E-state index is 14.2. The molecule has 1 N–H and O–H groups in total. The maximum Gasteiger partial charge on any atom is 0.128 e. The van der Waals surface area contributed by atoms with Gasteiger partial charge in [-0.1, -0.05) is 13.8 Å². The molecule has 2 rings (SSSR count). The Morgan fingerprint density at radius 2 is 1.90 bits per heavy atom. The van der Waals surface area contributed by atoms with E-state index in [4.69, 9.17) is 4.42 Å². The smallest absolute Gasteiger partial charge is 0.128 e. The van der Waals surface area contributed by atoms with Gasteiger partial charge in [0.1, 0.15) is 17.4 Å². The van der Waals surface area contributed by atoms with E-state index < -0.39 is 17.7 Å². The number of halogens is 2. The van der Waals surface area contributed by atoms with Gasteiger partial charge in [-0.2, -0.15) is 0 Å². The summed E-state index contributed by atoms with van der Waals surface area (Å²) in [4.78, 5) is 0. The second-order valence-electron chi connectivity index (χ2n) is 4.77. The summed E-state index contributed by atoms with van der Waals surface area (Å²) >= 11 is 0. The van der Waals surface area contributed by atoms with Gasteiger partial charge >= 0.3 is 0 Å². The third-order valence-electron chi connectivity index (χ3n) is 3.41. The molecule has 0 radical (unpaired) electrons. The minimum Gasteiger partial charge on any atom is -0.469 e. The number of benzene rings is 1. The minimum absolute atomic E-state index is 0.310. The van der Waals surface area contributed by atoms with E-state index in [0.29, 0.717) is 24.1 Å². The van der Waals surface area contributed by atoms with E-state index in [0.717, 1.165) is 11.3 Å². The predicted octanol–water partition coefficient (Wildman–Crippen LogP) is 4.13. The van der Waals surface area contributed by atoms with Crippen molar-refractivity contribution in [2.24, 2.45) is 0 Å². The van der Waals surface area contributed by atoms with E-state index in [1.165, 1.54) is 12.1 Å². The van der Waals surface area contributed by atoms with Crippen molar-refractivity contribution < 1.29 is 13.2 Å². The lowest BCUT2D eigenvalue weighted by Gasteiger charge is -2.19. The zero-order valence-corrected chi connectivity index (χ0v) is 12.0. The van der Waals surface area contributed by atoms with E-state index in [9.17, 15) is 8.78 Å². The van der Waals surface area contributed by atoms with Gasteiger partial charge in [-0.3, -0.25) is 0 Å². The normalized spacial score (nSPS) is 12.7. The van der Waals surface area contributed by atoms with Crippen LogP contribution in [0.4, 0.5) is 8.78 Å². The fourth-order valence-corrected chi connectivity index (χ4v) is 2.37. The summed E-state index contributed by atoms with van der Waals surface area (Å²) in [6, 6.07) is 3.91. The van der Waals surface area contributed by atoms with Crippen molar-refractivity contribution in [3.63, 3.8) is 0 Å². The highest BCUT2D eigenvalue weighted by Crippen LogP contribution is 2.29. The average molecular weight is 279 g/mol. The van der Waals surface area contributed by atoms with Gasteiger partial charge in [0, 0.05) is 17.5 Å². The summed E-state index contributed by atoms with van der Waals surface area (Å²) in [7, 11) is 0. The van der Waals surface area contributed by atoms with Crippen LogP contribution in [-0.2, 0) is 6.42 Å². The Balaban J connectivity index is 2.51. The van der Waals surface area contributed by atoms with Crippen molar-refractivity contribution in [1.82, 2.24) is 5.32 Å². The molecule has 0 aliphatic rings. The summed E-state index contributed by atoms with van der Waals surface area (Å²) in [5.41, 5.74) is 1.48. The molecule has 0 bridgehead atoms. The molecule has 1 heterocycles. The van der Waals surface area contributed by atoms with Crippen LogP contribution < -0.4 is 5.32 Å². The third-order valence-corrected chi connectivity index (χ3v) is 3.41. The Labute approximate surface area is 117 Å². The van der Waals surface area contributed by atoms with Crippen molar-refractivity contribution in [3.05, 3.63) is 58.5 Å². The first-order valence-corrected chi connectivity index (χ1v) is 6.83. The zero-order chi connectivity index (χ0) is 14.7. The summed E-state index contributed by atoms with van der Waals surface area (Å²) in [5, 5.41) is 3.20. The largest absolute Gasteiger partial charge is 0.469 e. The number of hydrogen-bond donors (Lipinski definition) is 1. The Morgan fingerprint density at radius 1 is 1.15 bits per heavy atom. The molecular weight excluding hydrogens is 260 g/mol. The number of hydrogen-bond acceptors (Lipinski definition) is 2. The first-order chi connectivity index (χ1) is 9.58. The molecule has 0 aliphatic carbocycles. The predicted molar refractivity (Wildman–Crippen MR) is 74.7 cm³/mol. The van der Waals surface area contributed by atoms with Gasteiger partial charge in [0.05, 0.1) is 12.3 Å². The lowest BCUT2D eigenvalue weighted by molar-refractivity contribution is 0.495. The SMILES string of the molecule is CCNC(c1cc(F)c(C)cc1F)c1ccoc1CC. The van der Waals surface area contributed by atoms with E-state index in [1.807, 2.05) is 19.9 Å². The van der Waals surface area contributed by atoms with E-state index in [2.05, 4.69) is 5.32 Å². The van der Waals surface area contributed by atoms with Gasteiger partial charge in [-0.05, 0) is 37.2 Å². The van der Waals surface area contributed by atoms with Gasteiger partial charge in [0.2, 0.25) is 0 Å². The second-order valence-corrected chi connectivity index (χ2v) is 4.77. The fraction of sp³-hybridized carbons (Fsp3) is 0.375. The molecule has 0 amide bonds. The molecule has 20 heavy (non-hydrogen) atoms. The number of rotatable bonds is 5. The molecule has 0 spiro atoms. The zero-order valence-electron chi connectivity index (χ0n) is 12.0. The van der Waals surface area contributed by atoms with Crippen molar-refractivity contribution in [1.29, 1.82) is 0 Å². The molecule has 0 saturated carbocycles. The molecule has 1 aromatic heterocycles. The van der Waals surface area contributed by atoms with Gasteiger partial charge in [0.25, 0.3) is 0 Å². The summed E-state index contributed by atoms with van der Waals surface area (Å²) in [5.74, 6) is -0.0136. The quantitative estimate of drug-likeness (QED) is 0.890. The topological polar surface area (TPSA) is 25.2 Å². The lowest BCUT2D eigenvalue weighted by Crippen LogP contribution is -2.23. The van der Waals surface area contributed by atoms with E-state index in [1.54, 1.807) is 13.2 Å². The first-order valence-electron chi connectivity index (χ1n) is 6.83. The highest BCUT2D eigenvalue weighted by Gasteiger charge is 2.22. The molecule has 2 aromatic rings. The van der Waals surface area contributed by atoms with Gasteiger partial charge < -0.3 is 9.73 Å².